The number of fused-ring (bicyclic) bond motifs is 1. The molecule has 10 nitrogen and oxygen atoms in total. The molecule has 3 aromatic rings. The lowest BCUT2D eigenvalue weighted by atomic mass is 9.82. The Kier molecular flexibility index (Phi) is 11.0. The van der Waals surface area contributed by atoms with Gasteiger partial charge >= 0.3 is 12.1 Å². The van der Waals surface area contributed by atoms with Crippen molar-refractivity contribution in [3.05, 3.63) is 53.6 Å². The van der Waals surface area contributed by atoms with Crippen molar-refractivity contribution >= 4 is 50.3 Å². The molecule has 2 heterocycles. The Hall–Kier alpha value is -3.20. The minimum absolute atomic E-state index is 0.247. The molecule has 0 radical (unpaired) electrons. The quantitative estimate of drug-likeness (QED) is 0.312. The van der Waals surface area contributed by atoms with Gasteiger partial charge in [0.15, 0.2) is 0 Å². The van der Waals surface area contributed by atoms with Gasteiger partial charge in [-0.3, -0.25) is 0 Å². The van der Waals surface area contributed by atoms with Gasteiger partial charge in [-0.2, -0.15) is 18.2 Å². The number of halogens is 4. The zero-order valence-electron chi connectivity index (χ0n) is 23.2. The van der Waals surface area contributed by atoms with Gasteiger partial charge in [0.25, 0.3) is 0 Å². The van der Waals surface area contributed by atoms with Crippen LogP contribution in [0.15, 0.2) is 53.4 Å². The summed E-state index contributed by atoms with van der Waals surface area (Å²) in [4.78, 5) is 21.0. The molecule has 5 rings (SSSR count). The maximum atomic E-state index is 12.6. The normalized spacial score (nSPS) is 19.4. The summed E-state index contributed by atoms with van der Waals surface area (Å²) in [5.41, 5.74) is 0.938. The minimum Gasteiger partial charge on any atom is -0.475 e. The summed E-state index contributed by atoms with van der Waals surface area (Å²) in [6.45, 7) is 4.34. The van der Waals surface area contributed by atoms with E-state index in [-0.39, 0.29) is 4.90 Å². The summed E-state index contributed by atoms with van der Waals surface area (Å²) >= 11 is 5.87. The lowest BCUT2D eigenvalue weighted by molar-refractivity contribution is -0.192. The van der Waals surface area contributed by atoms with Crippen LogP contribution in [0.25, 0.3) is 10.9 Å². The van der Waals surface area contributed by atoms with Gasteiger partial charge in [-0.15, -0.1) is 0 Å². The van der Waals surface area contributed by atoms with Crippen molar-refractivity contribution in [1.82, 2.24) is 14.7 Å². The van der Waals surface area contributed by atoms with E-state index in [4.69, 9.17) is 36.2 Å². The molecule has 2 aliphatic rings. The number of rotatable bonds is 8. The van der Waals surface area contributed by atoms with E-state index in [1.807, 2.05) is 18.2 Å². The number of ether oxygens (including phenoxy) is 1. The van der Waals surface area contributed by atoms with E-state index in [0.717, 1.165) is 62.0 Å². The van der Waals surface area contributed by atoms with Crippen molar-refractivity contribution in [3.63, 3.8) is 0 Å². The molecular weight excluding hydrogens is 611 g/mol. The molecule has 2 aromatic carbocycles. The van der Waals surface area contributed by atoms with Crippen LogP contribution in [0, 0.1) is 11.8 Å². The van der Waals surface area contributed by atoms with Crippen molar-refractivity contribution in [2.75, 3.05) is 49.6 Å². The number of sulfonamides is 1. The van der Waals surface area contributed by atoms with Crippen molar-refractivity contribution < 1.29 is 36.2 Å². The van der Waals surface area contributed by atoms with Gasteiger partial charge in [-0.1, -0.05) is 23.7 Å². The van der Waals surface area contributed by atoms with Crippen molar-refractivity contribution in [1.29, 1.82) is 0 Å². The van der Waals surface area contributed by atoms with Crippen LogP contribution in [0.1, 0.15) is 25.7 Å². The highest BCUT2D eigenvalue weighted by Gasteiger charge is 2.38. The van der Waals surface area contributed by atoms with Gasteiger partial charge in [-0.25, -0.2) is 22.9 Å². The molecule has 1 aliphatic heterocycles. The SMILES string of the molecule is O=C(O)C(F)(F)F.O=S(=O)(NCC1CCC(CNc2nc(N3CCOCC3)c3ccccc3n2)CC1)c1ccc(Cl)cc1. The van der Waals surface area contributed by atoms with Gasteiger partial charge in [0.1, 0.15) is 5.82 Å². The van der Waals surface area contributed by atoms with E-state index in [1.165, 1.54) is 12.1 Å². The van der Waals surface area contributed by atoms with Gasteiger partial charge in [-0.05, 0) is 73.9 Å². The molecule has 1 aromatic heterocycles. The Bertz CT molecular complexity index is 1480. The Labute approximate surface area is 252 Å². The third-order valence-corrected chi connectivity index (χ3v) is 9.03. The standard InChI is InChI=1S/C26H32ClN5O3S.C2HF3O2/c27-21-9-11-22(12-10-21)36(33,34)29-18-20-7-5-19(6-8-20)17-28-26-30-24-4-2-1-3-23(24)25(31-26)32-13-15-35-16-14-32;3-2(4,5)1(6)7/h1-4,9-12,19-20,29H,5-8,13-18H2,(H,28,30,31);(H,6,7). The van der Waals surface area contributed by atoms with Gasteiger partial charge < -0.3 is 20.1 Å². The van der Waals surface area contributed by atoms with Crippen molar-refractivity contribution in [3.8, 4) is 0 Å². The van der Waals surface area contributed by atoms with Gasteiger partial charge in [0.2, 0.25) is 16.0 Å². The zero-order valence-corrected chi connectivity index (χ0v) is 24.8. The molecule has 234 valence electrons. The number of carboxylic acid groups (broad SMARTS) is 1. The topological polar surface area (TPSA) is 134 Å². The van der Waals surface area contributed by atoms with Crippen LogP contribution < -0.4 is 14.9 Å². The van der Waals surface area contributed by atoms with Crippen molar-refractivity contribution in [2.24, 2.45) is 11.8 Å². The number of nitrogens with one attached hydrogen (secondary N) is 2. The molecule has 3 N–H and O–H groups in total. The first-order valence-corrected chi connectivity index (χ1v) is 15.7. The van der Waals surface area contributed by atoms with Crippen LogP contribution in [-0.2, 0) is 19.6 Å². The summed E-state index contributed by atoms with van der Waals surface area (Å²) in [6.07, 6.45) is -1.01. The number of carboxylic acids is 1. The molecule has 0 atom stereocenters. The van der Waals surface area contributed by atoms with Crippen LogP contribution in [0.3, 0.4) is 0 Å². The van der Waals surface area contributed by atoms with E-state index in [0.29, 0.717) is 42.6 Å². The number of alkyl halides is 3. The second-order valence-electron chi connectivity index (χ2n) is 10.4. The van der Waals surface area contributed by atoms with Crippen molar-refractivity contribution in [2.45, 2.75) is 36.8 Å². The van der Waals surface area contributed by atoms with Crippen LogP contribution in [0.5, 0.6) is 0 Å². The maximum absolute atomic E-state index is 12.6. The van der Waals surface area contributed by atoms with E-state index in [9.17, 15) is 21.6 Å². The number of aromatic nitrogens is 2. The number of aliphatic carboxylic acids is 1. The zero-order chi connectivity index (χ0) is 31.0. The average Bonchev–Trinajstić information content (AvgIpc) is 2.99. The molecular formula is C28H33ClF3N5O5S. The highest BCUT2D eigenvalue weighted by molar-refractivity contribution is 7.89. The Morgan fingerprint density at radius 2 is 1.56 bits per heavy atom. The summed E-state index contributed by atoms with van der Waals surface area (Å²) in [6, 6.07) is 14.4. The van der Waals surface area contributed by atoms with E-state index in [2.05, 4.69) is 21.0 Å². The molecule has 2 fully saturated rings. The summed E-state index contributed by atoms with van der Waals surface area (Å²) in [7, 11) is -3.52. The monoisotopic (exact) mass is 643 g/mol. The first-order chi connectivity index (χ1) is 20.4. The van der Waals surface area contributed by atoms with Gasteiger partial charge in [0, 0.05) is 36.6 Å². The molecule has 0 bridgehead atoms. The fourth-order valence-electron chi connectivity index (χ4n) is 4.96. The molecule has 1 aliphatic carbocycles. The van der Waals surface area contributed by atoms with E-state index >= 15 is 0 Å². The summed E-state index contributed by atoms with van der Waals surface area (Å²) in [5, 5.41) is 12.2. The Morgan fingerprint density at radius 1 is 0.977 bits per heavy atom. The minimum atomic E-state index is -5.08. The van der Waals surface area contributed by atoms with Crippen LogP contribution in [0.2, 0.25) is 5.02 Å². The summed E-state index contributed by atoms with van der Waals surface area (Å²) < 4.78 is 65.1. The first-order valence-electron chi connectivity index (χ1n) is 13.8. The number of anilines is 2. The number of hydrogen-bond acceptors (Lipinski definition) is 8. The molecule has 0 spiro atoms. The molecule has 43 heavy (non-hydrogen) atoms. The predicted octanol–water partition coefficient (Wildman–Crippen LogP) is 4.95. The Morgan fingerprint density at radius 3 is 2.16 bits per heavy atom. The highest BCUT2D eigenvalue weighted by Crippen LogP contribution is 2.30. The highest BCUT2D eigenvalue weighted by atomic mass is 35.5. The third-order valence-electron chi connectivity index (χ3n) is 7.34. The molecule has 1 saturated heterocycles. The van der Waals surface area contributed by atoms with E-state index < -0.39 is 22.2 Å². The molecule has 1 saturated carbocycles. The number of hydrogen-bond donors (Lipinski definition) is 3. The first kappa shape index (κ1) is 32.7. The predicted molar refractivity (Wildman–Crippen MR) is 157 cm³/mol. The smallest absolute Gasteiger partial charge is 0.475 e. The Balaban J connectivity index is 0.000000541. The number of benzene rings is 2. The second-order valence-corrected chi connectivity index (χ2v) is 12.6. The molecule has 0 amide bonds. The number of morpholine rings is 1. The second kappa shape index (κ2) is 14.5. The van der Waals surface area contributed by atoms with E-state index in [1.54, 1.807) is 12.1 Å². The lowest BCUT2D eigenvalue weighted by Gasteiger charge is -2.30. The van der Waals surface area contributed by atoms with Crippen LogP contribution in [0.4, 0.5) is 24.9 Å². The third kappa shape index (κ3) is 9.39. The number of carbonyl (C=O) groups is 1. The summed E-state index contributed by atoms with van der Waals surface area (Å²) in [5.74, 6) is -0.284. The number of para-hydroxylation sites is 1. The number of nitrogens with zero attached hydrogens (tertiary/aromatic N) is 3. The average molecular weight is 644 g/mol. The molecule has 0 unspecified atom stereocenters. The van der Waals surface area contributed by atoms with Crippen LogP contribution in [-0.4, -0.2) is 75.0 Å². The lowest BCUT2D eigenvalue weighted by Crippen LogP contribution is -2.37. The maximum Gasteiger partial charge on any atom is 0.490 e. The fourth-order valence-corrected chi connectivity index (χ4v) is 6.20. The molecule has 15 heteroatoms. The fraction of sp³-hybridized carbons (Fsp3) is 0.464. The van der Waals surface area contributed by atoms with Crippen LogP contribution >= 0.6 is 11.6 Å². The van der Waals surface area contributed by atoms with Gasteiger partial charge in [0.05, 0.1) is 23.6 Å². The largest absolute Gasteiger partial charge is 0.490 e.